The second-order valence-electron chi connectivity index (χ2n) is 3.28. The zero-order valence-electron chi connectivity index (χ0n) is 7.33. The van der Waals surface area contributed by atoms with E-state index in [0.29, 0.717) is 12.8 Å². The van der Waals surface area contributed by atoms with Crippen molar-refractivity contribution in [1.82, 2.24) is 0 Å². The number of rotatable bonds is 5. The number of aliphatic hydroxyl groups is 2. The van der Waals surface area contributed by atoms with Gasteiger partial charge in [0.05, 0.1) is 12.2 Å². The van der Waals surface area contributed by atoms with E-state index >= 15 is 0 Å². The van der Waals surface area contributed by atoms with Gasteiger partial charge in [-0.3, -0.25) is 0 Å². The van der Waals surface area contributed by atoms with Crippen LogP contribution in [-0.4, -0.2) is 29.0 Å². The van der Waals surface area contributed by atoms with E-state index < -0.39 is 6.10 Å². The summed E-state index contributed by atoms with van der Waals surface area (Å²) in [6.07, 6.45) is 0.464. The van der Waals surface area contributed by atoms with Crippen LogP contribution >= 0.6 is 0 Å². The van der Waals surface area contributed by atoms with Crippen molar-refractivity contribution in [2.24, 2.45) is 11.7 Å². The third kappa shape index (κ3) is 5.18. The Morgan fingerprint density at radius 3 is 2.09 bits per heavy atom. The molecule has 0 fully saturated rings. The monoisotopic (exact) mass is 161 g/mol. The molecule has 0 aliphatic heterocycles. The second-order valence-corrected chi connectivity index (χ2v) is 3.28. The van der Waals surface area contributed by atoms with Crippen molar-refractivity contribution in [1.29, 1.82) is 0 Å². The molecule has 0 aromatic rings. The molecule has 0 bridgehead atoms. The fourth-order valence-electron chi connectivity index (χ4n) is 0.814. The van der Waals surface area contributed by atoms with E-state index in [1.807, 2.05) is 13.8 Å². The quantitative estimate of drug-likeness (QED) is 0.536. The van der Waals surface area contributed by atoms with Crippen molar-refractivity contribution >= 4 is 0 Å². The Balaban J connectivity index is 3.37. The Labute approximate surface area is 68.2 Å². The van der Waals surface area contributed by atoms with Gasteiger partial charge in [-0.05, 0) is 18.8 Å². The molecule has 0 radical (unpaired) electrons. The zero-order valence-corrected chi connectivity index (χ0v) is 7.33. The zero-order chi connectivity index (χ0) is 8.85. The molecule has 0 amide bonds. The van der Waals surface area contributed by atoms with Crippen molar-refractivity contribution in [3.8, 4) is 0 Å². The molecule has 0 spiro atoms. The van der Waals surface area contributed by atoms with Crippen LogP contribution in [0.15, 0.2) is 0 Å². The van der Waals surface area contributed by atoms with E-state index in [0.717, 1.165) is 0 Å². The van der Waals surface area contributed by atoms with Gasteiger partial charge in [0.15, 0.2) is 0 Å². The van der Waals surface area contributed by atoms with Crippen LogP contribution in [0, 0.1) is 5.92 Å². The van der Waals surface area contributed by atoms with E-state index in [-0.39, 0.29) is 18.6 Å². The van der Waals surface area contributed by atoms with Gasteiger partial charge in [-0.15, -0.1) is 0 Å². The molecule has 68 valence electrons. The summed E-state index contributed by atoms with van der Waals surface area (Å²) >= 11 is 0. The average Bonchev–Trinajstić information content (AvgIpc) is 1.99. The maximum absolute atomic E-state index is 9.32. The summed E-state index contributed by atoms with van der Waals surface area (Å²) < 4.78 is 0. The van der Waals surface area contributed by atoms with Crippen LogP contribution in [0.1, 0.15) is 26.7 Å². The lowest BCUT2D eigenvalue weighted by atomic mass is 10.0. The van der Waals surface area contributed by atoms with E-state index in [1.165, 1.54) is 0 Å². The van der Waals surface area contributed by atoms with Crippen molar-refractivity contribution in [2.75, 3.05) is 6.54 Å². The Kier molecular flexibility index (Phi) is 5.46. The SMILES string of the molecule is CC(C)C(O)CC[C@H](O)CN. The largest absolute Gasteiger partial charge is 0.393 e. The minimum atomic E-state index is -0.455. The minimum Gasteiger partial charge on any atom is -0.393 e. The molecule has 0 aliphatic carbocycles. The first-order valence-electron chi connectivity index (χ1n) is 4.14. The first-order valence-corrected chi connectivity index (χ1v) is 4.14. The molecule has 11 heavy (non-hydrogen) atoms. The average molecular weight is 161 g/mol. The molecular formula is C8H19NO2. The van der Waals surface area contributed by atoms with Gasteiger partial charge in [0.25, 0.3) is 0 Å². The molecule has 0 heterocycles. The summed E-state index contributed by atoms with van der Waals surface area (Å²) in [6, 6.07) is 0. The lowest BCUT2D eigenvalue weighted by Crippen LogP contribution is -2.23. The third-order valence-electron chi connectivity index (χ3n) is 1.84. The predicted molar refractivity (Wildman–Crippen MR) is 45.1 cm³/mol. The van der Waals surface area contributed by atoms with Crippen LogP contribution in [0.5, 0.6) is 0 Å². The molecule has 1 unspecified atom stereocenters. The number of aliphatic hydroxyl groups excluding tert-OH is 2. The van der Waals surface area contributed by atoms with Gasteiger partial charge in [0.1, 0.15) is 0 Å². The van der Waals surface area contributed by atoms with Crippen molar-refractivity contribution in [2.45, 2.75) is 38.9 Å². The highest BCUT2D eigenvalue weighted by molar-refractivity contribution is 4.64. The van der Waals surface area contributed by atoms with Gasteiger partial charge in [-0.2, -0.15) is 0 Å². The van der Waals surface area contributed by atoms with Crippen molar-refractivity contribution in [3.05, 3.63) is 0 Å². The van der Waals surface area contributed by atoms with Gasteiger partial charge < -0.3 is 15.9 Å². The Bertz CT molecular complexity index is 96.1. The van der Waals surface area contributed by atoms with Crippen LogP contribution in [0.4, 0.5) is 0 Å². The van der Waals surface area contributed by atoms with Crippen molar-refractivity contribution in [3.63, 3.8) is 0 Å². The molecule has 0 aliphatic rings. The molecule has 0 rings (SSSR count). The van der Waals surface area contributed by atoms with Crippen LogP contribution in [0.2, 0.25) is 0 Å². The molecule has 4 N–H and O–H groups in total. The minimum absolute atomic E-state index is 0.264. The highest BCUT2D eigenvalue weighted by Gasteiger charge is 2.10. The van der Waals surface area contributed by atoms with E-state index in [9.17, 15) is 5.11 Å². The molecular weight excluding hydrogens is 142 g/mol. The molecule has 0 saturated carbocycles. The first-order chi connectivity index (χ1) is 5.07. The summed E-state index contributed by atoms with van der Waals surface area (Å²) in [5.74, 6) is 0.264. The predicted octanol–water partition coefficient (Wildman–Crippen LogP) is 0.103. The number of hydrogen-bond acceptors (Lipinski definition) is 3. The second kappa shape index (κ2) is 5.52. The third-order valence-corrected chi connectivity index (χ3v) is 1.84. The fraction of sp³-hybridized carbons (Fsp3) is 1.00. The molecule has 3 heteroatoms. The lowest BCUT2D eigenvalue weighted by Gasteiger charge is -2.15. The van der Waals surface area contributed by atoms with Crippen molar-refractivity contribution < 1.29 is 10.2 Å². The Morgan fingerprint density at radius 2 is 1.73 bits per heavy atom. The van der Waals surface area contributed by atoms with Gasteiger partial charge in [0, 0.05) is 6.54 Å². The topological polar surface area (TPSA) is 66.5 Å². The first kappa shape index (κ1) is 10.9. The molecule has 0 aromatic carbocycles. The molecule has 0 saturated heterocycles. The summed E-state index contributed by atoms with van der Waals surface area (Å²) in [5, 5.41) is 18.4. The van der Waals surface area contributed by atoms with E-state index in [4.69, 9.17) is 10.8 Å². The highest BCUT2D eigenvalue weighted by atomic mass is 16.3. The lowest BCUT2D eigenvalue weighted by molar-refractivity contribution is 0.0878. The Hall–Kier alpha value is -0.120. The maximum atomic E-state index is 9.32. The normalized spacial score (nSPS) is 16.9. The molecule has 0 aromatic heterocycles. The standard InChI is InChI=1S/C8H19NO2/c1-6(2)8(11)4-3-7(10)5-9/h6-8,10-11H,3-5,9H2,1-2H3/t7-,8?/m0/s1. The fourth-order valence-corrected chi connectivity index (χ4v) is 0.814. The van der Waals surface area contributed by atoms with Crippen LogP contribution < -0.4 is 5.73 Å². The molecule has 3 nitrogen and oxygen atoms in total. The van der Waals surface area contributed by atoms with E-state index in [1.54, 1.807) is 0 Å². The van der Waals surface area contributed by atoms with E-state index in [2.05, 4.69) is 0 Å². The summed E-state index contributed by atoms with van der Waals surface area (Å²) in [4.78, 5) is 0. The van der Waals surface area contributed by atoms with Crippen LogP contribution in [0.3, 0.4) is 0 Å². The number of hydrogen-bond donors (Lipinski definition) is 3. The van der Waals surface area contributed by atoms with Crippen LogP contribution in [0.25, 0.3) is 0 Å². The van der Waals surface area contributed by atoms with Crippen LogP contribution in [-0.2, 0) is 0 Å². The maximum Gasteiger partial charge on any atom is 0.0663 e. The highest BCUT2D eigenvalue weighted by Crippen LogP contribution is 2.09. The van der Waals surface area contributed by atoms with Gasteiger partial charge in [-0.1, -0.05) is 13.8 Å². The van der Waals surface area contributed by atoms with Gasteiger partial charge >= 0.3 is 0 Å². The Morgan fingerprint density at radius 1 is 1.18 bits per heavy atom. The summed E-state index contributed by atoms with van der Waals surface area (Å²) in [5.41, 5.74) is 5.20. The number of nitrogens with two attached hydrogens (primary N) is 1. The summed E-state index contributed by atoms with van der Waals surface area (Å²) in [7, 11) is 0. The summed E-state index contributed by atoms with van der Waals surface area (Å²) in [6.45, 7) is 4.20. The smallest absolute Gasteiger partial charge is 0.0663 e. The van der Waals surface area contributed by atoms with Gasteiger partial charge in [-0.25, -0.2) is 0 Å². The van der Waals surface area contributed by atoms with Gasteiger partial charge in [0.2, 0.25) is 0 Å². The molecule has 2 atom stereocenters.